The fraction of sp³-hybridized carbons (Fsp3) is 0.481. The van der Waals surface area contributed by atoms with E-state index in [0.29, 0.717) is 23.0 Å². The van der Waals surface area contributed by atoms with Gasteiger partial charge in [0.1, 0.15) is 5.60 Å². The van der Waals surface area contributed by atoms with Crippen LogP contribution < -0.4 is 5.32 Å². The Labute approximate surface area is 202 Å². The number of benzene rings is 2. The lowest BCUT2D eigenvalue weighted by atomic mass is 9.81. The number of carbonyl (C=O) groups excluding carboxylic acids is 2. The van der Waals surface area contributed by atoms with Crippen LogP contribution in [0.5, 0.6) is 0 Å². The number of amides is 1. The summed E-state index contributed by atoms with van der Waals surface area (Å²) in [5, 5.41) is 3.79. The average Bonchev–Trinajstić information content (AvgIpc) is 2.78. The second kappa shape index (κ2) is 11.2. The molecule has 178 valence electrons. The third-order valence-electron chi connectivity index (χ3n) is 6.13. The molecule has 0 unspecified atom stereocenters. The molecule has 2 aromatic carbocycles. The Morgan fingerprint density at radius 3 is 2.18 bits per heavy atom. The van der Waals surface area contributed by atoms with Gasteiger partial charge in [0.15, 0.2) is 0 Å². The molecular weight excluding hydrogens is 436 g/mol. The van der Waals surface area contributed by atoms with Crippen LogP contribution in [0.15, 0.2) is 48.5 Å². The minimum Gasteiger partial charge on any atom is -0.459 e. The van der Waals surface area contributed by atoms with Crippen molar-refractivity contribution < 1.29 is 14.3 Å². The van der Waals surface area contributed by atoms with Crippen molar-refractivity contribution in [1.82, 2.24) is 10.2 Å². The van der Waals surface area contributed by atoms with E-state index < -0.39 is 5.60 Å². The maximum atomic E-state index is 12.8. The average molecular weight is 471 g/mol. The lowest BCUT2D eigenvalue weighted by molar-refractivity contribution is -0.153. The first-order chi connectivity index (χ1) is 15.6. The number of rotatable bonds is 7. The lowest BCUT2D eigenvalue weighted by Gasteiger charge is -2.35. The summed E-state index contributed by atoms with van der Waals surface area (Å²) in [5.41, 5.74) is 2.71. The molecule has 1 saturated carbocycles. The standard InChI is InChI=1S/C27H35ClN2O3/c1-27(2,3)33-25(31)18-29-17-19-5-7-20(8-6-19)21-11-15-24(16-12-21)30(4)26(32)22-9-13-23(28)14-10-22/h5-10,13-14,21,24,29H,11-12,15-18H2,1-4H3/t21-,24+. The fourth-order valence-electron chi connectivity index (χ4n) is 4.35. The number of esters is 1. The predicted octanol–water partition coefficient (Wildman–Crippen LogP) is 5.57. The van der Waals surface area contributed by atoms with Gasteiger partial charge in [-0.2, -0.15) is 0 Å². The molecule has 6 heteroatoms. The predicted molar refractivity (Wildman–Crippen MR) is 133 cm³/mol. The van der Waals surface area contributed by atoms with Crippen LogP contribution in [-0.2, 0) is 16.1 Å². The Kier molecular flexibility index (Phi) is 8.55. The first-order valence-corrected chi connectivity index (χ1v) is 12.0. The van der Waals surface area contributed by atoms with Crippen LogP contribution in [0.2, 0.25) is 5.02 Å². The molecule has 0 radical (unpaired) electrons. The normalized spacial score (nSPS) is 18.6. The first-order valence-electron chi connectivity index (χ1n) is 11.7. The summed E-state index contributed by atoms with van der Waals surface area (Å²) < 4.78 is 5.31. The van der Waals surface area contributed by atoms with Gasteiger partial charge in [-0.05, 0) is 87.8 Å². The van der Waals surface area contributed by atoms with Gasteiger partial charge in [0.25, 0.3) is 5.91 Å². The van der Waals surface area contributed by atoms with Crippen LogP contribution in [0.4, 0.5) is 0 Å². The van der Waals surface area contributed by atoms with Gasteiger partial charge in [-0.15, -0.1) is 0 Å². The minimum absolute atomic E-state index is 0.0540. The Morgan fingerprint density at radius 2 is 1.61 bits per heavy atom. The molecule has 33 heavy (non-hydrogen) atoms. The fourth-order valence-corrected chi connectivity index (χ4v) is 4.48. The topological polar surface area (TPSA) is 58.6 Å². The highest BCUT2D eigenvalue weighted by Crippen LogP contribution is 2.35. The van der Waals surface area contributed by atoms with Crippen molar-refractivity contribution in [1.29, 1.82) is 0 Å². The summed E-state index contributed by atoms with van der Waals surface area (Å²) in [6, 6.07) is 16.0. The summed E-state index contributed by atoms with van der Waals surface area (Å²) in [7, 11) is 1.90. The molecule has 0 aromatic heterocycles. The highest BCUT2D eigenvalue weighted by molar-refractivity contribution is 6.30. The van der Waals surface area contributed by atoms with E-state index in [-0.39, 0.29) is 24.5 Å². The smallest absolute Gasteiger partial charge is 0.320 e. The van der Waals surface area contributed by atoms with E-state index in [1.165, 1.54) is 5.56 Å². The quantitative estimate of drug-likeness (QED) is 0.537. The molecule has 2 aromatic rings. The van der Waals surface area contributed by atoms with Crippen molar-refractivity contribution in [3.63, 3.8) is 0 Å². The SMILES string of the molecule is CN(C(=O)c1ccc(Cl)cc1)[C@H]1CC[C@@H](c2ccc(CNCC(=O)OC(C)(C)C)cc2)CC1. The number of nitrogens with one attached hydrogen (secondary N) is 1. The molecule has 0 aliphatic heterocycles. The molecule has 0 bridgehead atoms. The van der Waals surface area contributed by atoms with Crippen LogP contribution in [0, 0.1) is 0 Å². The molecule has 1 fully saturated rings. The Balaban J connectivity index is 1.45. The monoisotopic (exact) mass is 470 g/mol. The number of halogens is 1. The molecular formula is C27H35ClN2O3. The highest BCUT2D eigenvalue weighted by atomic mass is 35.5. The number of hydrogen-bond donors (Lipinski definition) is 1. The van der Waals surface area contributed by atoms with Crippen LogP contribution in [0.3, 0.4) is 0 Å². The van der Waals surface area contributed by atoms with Gasteiger partial charge in [-0.25, -0.2) is 0 Å². The van der Waals surface area contributed by atoms with E-state index in [2.05, 4.69) is 29.6 Å². The van der Waals surface area contributed by atoms with Gasteiger partial charge >= 0.3 is 5.97 Å². The number of hydrogen-bond acceptors (Lipinski definition) is 4. The summed E-state index contributed by atoms with van der Waals surface area (Å²) in [6.07, 6.45) is 4.14. The Bertz CT molecular complexity index is 927. The van der Waals surface area contributed by atoms with Gasteiger partial charge < -0.3 is 15.0 Å². The zero-order valence-corrected chi connectivity index (χ0v) is 20.8. The van der Waals surface area contributed by atoms with E-state index >= 15 is 0 Å². The molecule has 1 aliphatic rings. The van der Waals surface area contributed by atoms with Crippen LogP contribution in [0.25, 0.3) is 0 Å². The Morgan fingerprint density at radius 1 is 1.00 bits per heavy atom. The van der Waals surface area contributed by atoms with E-state index in [4.69, 9.17) is 16.3 Å². The zero-order chi connectivity index (χ0) is 24.0. The Hall–Kier alpha value is -2.37. The molecule has 1 amide bonds. The van der Waals surface area contributed by atoms with Gasteiger partial charge in [0.05, 0.1) is 6.54 Å². The molecule has 3 rings (SSSR count). The number of ether oxygens (including phenoxy) is 1. The molecule has 0 heterocycles. The molecule has 1 aliphatic carbocycles. The van der Waals surface area contributed by atoms with Gasteiger partial charge in [0.2, 0.25) is 0 Å². The second-order valence-corrected chi connectivity index (χ2v) is 10.3. The molecule has 0 spiro atoms. The summed E-state index contributed by atoms with van der Waals surface area (Å²) >= 11 is 5.94. The minimum atomic E-state index is -0.461. The van der Waals surface area contributed by atoms with Crippen LogP contribution in [-0.4, -0.2) is 42.0 Å². The maximum absolute atomic E-state index is 12.8. The van der Waals surface area contributed by atoms with Crippen molar-refractivity contribution in [3.8, 4) is 0 Å². The highest BCUT2D eigenvalue weighted by Gasteiger charge is 2.27. The number of carbonyl (C=O) groups is 2. The largest absolute Gasteiger partial charge is 0.459 e. The van der Waals surface area contributed by atoms with E-state index in [9.17, 15) is 9.59 Å². The van der Waals surface area contributed by atoms with Crippen LogP contribution in [0.1, 0.15) is 73.9 Å². The van der Waals surface area contributed by atoms with Gasteiger partial charge in [-0.3, -0.25) is 9.59 Å². The van der Waals surface area contributed by atoms with E-state index in [1.807, 2.05) is 32.7 Å². The first kappa shape index (κ1) is 25.3. The van der Waals surface area contributed by atoms with Crippen LogP contribution >= 0.6 is 11.6 Å². The molecule has 5 nitrogen and oxygen atoms in total. The number of nitrogens with zero attached hydrogens (tertiary/aromatic N) is 1. The zero-order valence-electron chi connectivity index (χ0n) is 20.1. The third kappa shape index (κ3) is 7.58. The van der Waals surface area contributed by atoms with Crippen molar-refractivity contribution in [2.75, 3.05) is 13.6 Å². The lowest BCUT2D eigenvalue weighted by Crippen LogP contribution is -2.39. The molecule has 0 saturated heterocycles. The van der Waals surface area contributed by atoms with Gasteiger partial charge in [0, 0.05) is 30.2 Å². The third-order valence-corrected chi connectivity index (χ3v) is 6.38. The van der Waals surface area contributed by atoms with Crippen molar-refractivity contribution >= 4 is 23.5 Å². The van der Waals surface area contributed by atoms with E-state index in [0.717, 1.165) is 31.2 Å². The van der Waals surface area contributed by atoms with E-state index in [1.54, 1.807) is 24.3 Å². The van der Waals surface area contributed by atoms with Crippen molar-refractivity contribution in [2.24, 2.45) is 0 Å². The van der Waals surface area contributed by atoms with Crippen molar-refractivity contribution in [2.45, 2.75) is 70.6 Å². The maximum Gasteiger partial charge on any atom is 0.320 e. The van der Waals surface area contributed by atoms with Crippen molar-refractivity contribution in [3.05, 3.63) is 70.2 Å². The second-order valence-electron chi connectivity index (χ2n) is 9.86. The summed E-state index contributed by atoms with van der Waals surface area (Å²) in [6.45, 7) is 6.43. The summed E-state index contributed by atoms with van der Waals surface area (Å²) in [5.74, 6) is 0.331. The summed E-state index contributed by atoms with van der Waals surface area (Å²) in [4.78, 5) is 26.5. The van der Waals surface area contributed by atoms with Gasteiger partial charge in [-0.1, -0.05) is 35.9 Å². The molecule has 1 N–H and O–H groups in total. The molecule has 0 atom stereocenters.